The van der Waals surface area contributed by atoms with Gasteiger partial charge in [0.15, 0.2) is 12.4 Å². The minimum Gasteiger partial charge on any atom is -0.422 e. The smallest absolute Gasteiger partial charge is 0.409 e. The lowest BCUT2D eigenvalue weighted by atomic mass is 10.2. The maximum Gasteiger partial charge on any atom is 0.409 e. The van der Waals surface area contributed by atoms with E-state index in [1.54, 1.807) is 10.6 Å². The van der Waals surface area contributed by atoms with Crippen LogP contribution in [-0.2, 0) is 0 Å². The quantitative estimate of drug-likeness (QED) is 0.311. The third-order valence-electron chi connectivity index (χ3n) is 3.33. The molecule has 0 spiro atoms. The van der Waals surface area contributed by atoms with Gasteiger partial charge in [-0.1, -0.05) is 18.2 Å². The van der Waals surface area contributed by atoms with E-state index in [0.29, 0.717) is 11.3 Å². The second-order valence-electron chi connectivity index (χ2n) is 5.13. The van der Waals surface area contributed by atoms with E-state index in [4.69, 9.17) is 15.1 Å². The molecule has 0 amide bonds. The number of aliphatic imine (C=N–C) groups is 1. The molecule has 0 aliphatic heterocycles. The zero-order valence-electron chi connectivity index (χ0n) is 13.7. The molecule has 0 N–H and O–H groups in total. The Morgan fingerprint density at radius 1 is 1.20 bits per heavy atom. The number of aromatic nitrogens is 1. The molecular weight excluding hydrogens is 318 g/mol. The number of fused-ring (bicyclic) bond motifs is 1. The SMILES string of the molecule is CN(C)c1cc[n+](-c2cc3ccccc3oc2=O)cc1.N#CN=C=[N-]. The molecule has 0 aliphatic rings. The summed E-state index contributed by atoms with van der Waals surface area (Å²) in [5, 5.41) is 15.8. The topological polar surface area (TPSA) is 95.8 Å². The van der Waals surface area contributed by atoms with Crippen LogP contribution in [0.4, 0.5) is 5.69 Å². The van der Waals surface area contributed by atoms with Crippen LogP contribution in [0.1, 0.15) is 0 Å². The van der Waals surface area contributed by atoms with Crippen molar-refractivity contribution in [3.8, 4) is 11.9 Å². The van der Waals surface area contributed by atoms with Crippen LogP contribution in [0, 0.1) is 11.5 Å². The van der Waals surface area contributed by atoms with E-state index in [-0.39, 0.29) is 5.63 Å². The van der Waals surface area contributed by atoms with Crippen LogP contribution in [-0.4, -0.2) is 20.1 Å². The zero-order valence-corrected chi connectivity index (χ0v) is 13.7. The van der Waals surface area contributed by atoms with Gasteiger partial charge in [-0.3, -0.25) is 0 Å². The molecule has 1 aromatic carbocycles. The van der Waals surface area contributed by atoms with E-state index in [2.05, 4.69) is 4.99 Å². The van der Waals surface area contributed by atoms with Crippen LogP contribution in [0.15, 0.2) is 69.1 Å². The molecule has 0 atom stereocenters. The Kier molecular flexibility index (Phi) is 5.77. The Bertz CT molecular complexity index is 1010. The lowest BCUT2D eigenvalue weighted by Crippen LogP contribution is -2.35. The molecule has 2 heterocycles. The van der Waals surface area contributed by atoms with E-state index < -0.39 is 0 Å². The van der Waals surface area contributed by atoms with Crippen LogP contribution >= 0.6 is 0 Å². The molecule has 0 fully saturated rings. The average Bonchev–Trinajstić information content (AvgIpc) is 2.62. The van der Waals surface area contributed by atoms with E-state index in [9.17, 15) is 4.79 Å². The van der Waals surface area contributed by atoms with Crippen molar-refractivity contribution < 1.29 is 8.98 Å². The van der Waals surface area contributed by atoms with E-state index >= 15 is 0 Å². The average molecular weight is 333 g/mol. The highest BCUT2D eigenvalue weighted by Gasteiger charge is 2.14. The standard InChI is InChI=1S/C16H15N2O2.C2N3/c1-17(2)13-7-9-18(10-8-13)14-11-12-5-3-4-6-15(12)20-16(14)19;3-1-5-2-4/h3-11H,1-2H3;/q+1;-1. The van der Waals surface area contributed by atoms with Gasteiger partial charge in [0.2, 0.25) is 0 Å². The molecule has 2 aromatic heterocycles. The minimum absolute atomic E-state index is 0.341. The summed E-state index contributed by atoms with van der Waals surface area (Å²) in [7, 11) is 3.95. The fraction of sp³-hybridized carbons (Fsp3) is 0.111. The highest BCUT2D eigenvalue weighted by molar-refractivity contribution is 5.77. The summed E-state index contributed by atoms with van der Waals surface area (Å²) >= 11 is 0. The largest absolute Gasteiger partial charge is 0.422 e. The van der Waals surface area contributed by atoms with Gasteiger partial charge in [-0.2, -0.15) is 9.83 Å². The van der Waals surface area contributed by atoms with Gasteiger partial charge in [-0.15, -0.1) is 6.01 Å². The van der Waals surface area contributed by atoms with Crippen LogP contribution in [0.5, 0.6) is 0 Å². The third-order valence-corrected chi connectivity index (χ3v) is 3.33. The number of hydrogen-bond donors (Lipinski definition) is 0. The van der Waals surface area contributed by atoms with Crippen molar-refractivity contribution in [1.82, 2.24) is 0 Å². The fourth-order valence-corrected chi connectivity index (χ4v) is 2.13. The maximum atomic E-state index is 12.1. The monoisotopic (exact) mass is 333 g/mol. The van der Waals surface area contributed by atoms with Gasteiger partial charge in [0.1, 0.15) is 5.58 Å². The molecule has 124 valence electrons. The summed E-state index contributed by atoms with van der Waals surface area (Å²) in [6, 6.07) is 14.5. The fourth-order valence-electron chi connectivity index (χ4n) is 2.13. The summed E-state index contributed by atoms with van der Waals surface area (Å²) < 4.78 is 7.11. The molecule has 0 radical (unpaired) electrons. The summed E-state index contributed by atoms with van der Waals surface area (Å²) in [5.74, 6) is 0. The minimum atomic E-state index is -0.341. The number of anilines is 1. The number of rotatable bonds is 2. The predicted octanol–water partition coefficient (Wildman–Crippen LogP) is 2.35. The van der Waals surface area contributed by atoms with Crippen molar-refractivity contribution >= 4 is 22.7 Å². The number of nitrogens with zero attached hydrogens (tertiary/aromatic N) is 5. The third kappa shape index (κ3) is 4.38. The first-order valence-electron chi connectivity index (χ1n) is 7.26. The van der Waals surface area contributed by atoms with Gasteiger partial charge >= 0.3 is 5.63 Å². The summed E-state index contributed by atoms with van der Waals surface area (Å²) in [4.78, 5) is 16.6. The van der Waals surface area contributed by atoms with Crippen molar-refractivity contribution in [3.63, 3.8) is 0 Å². The normalized spacial score (nSPS) is 9.32. The molecule has 7 nitrogen and oxygen atoms in total. The number of hydrogen-bond acceptors (Lipinski definition) is 5. The Morgan fingerprint density at radius 2 is 1.88 bits per heavy atom. The molecule has 7 heteroatoms. The number of para-hydroxylation sites is 1. The molecule has 0 unspecified atom stereocenters. The van der Waals surface area contributed by atoms with E-state index in [1.807, 2.05) is 67.8 Å². The van der Waals surface area contributed by atoms with E-state index in [0.717, 1.165) is 11.1 Å². The van der Waals surface area contributed by atoms with Crippen LogP contribution in [0.25, 0.3) is 22.1 Å². The number of pyridine rings is 1. The van der Waals surface area contributed by atoms with Gasteiger partial charge in [0, 0.05) is 43.4 Å². The Morgan fingerprint density at radius 3 is 2.44 bits per heavy atom. The molecule has 25 heavy (non-hydrogen) atoms. The van der Waals surface area contributed by atoms with Crippen LogP contribution in [0.3, 0.4) is 0 Å². The predicted molar refractivity (Wildman–Crippen MR) is 94.8 cm³/mol. The second-order valence-corrected chi connectivity index (χ2v) is 5.13. The molecule has 3 rings (SSSR count). The first kappa shape index (κ1) is 17.6. The van der Waals surface area contributed by atoms with Crippen molar-refractivity contribution in [1.29, 1.82) is 5.26 Å². The Balaban J connectivity index is 0.000000399. The molecule has 0 bridgehead atoms. The maximum absolute atomic E-state index is 12.1. The highest BCUT2D eigenvalue weighted by Crippen LogP contribution is 2.13. The Labute approximate surface area is 144 Å². The van der Waals surface area contributed by atoms with Gasteiger partial charge in [-0.25, -0.2) is 4.79 Å². The molecular formula is C18H15N5O2. The second kappa shape index (κ2) is 8.20. The van der Waals surface area contributed by atoms with Gasteiger partial charge < -0.3 is 19.7 Å². The van der Waals surface area contributed by atoms with Crippen LogP contribution in [0.2, 0.25) is 0 Å². The lowest BCUT2D eigenvalue weighted by molar-refractivity contribution is -0.597. The van der Waals surface area contributed by atoms with Crippen LogP contribution < -0.4 is 15.1 Å². The summed E-state index contributed by atoms with van der Waals surface area (Å²) in [6.45, 7) is 0. The van der Waals surface area contributed by atoms with Gasteiger partial charge in [-0.05, 0) is 6.07 Å². The van der Waals surface area contributed by atoms with Crippen molar-refractivity contribution in [3.05, 3.63) is 70.7 Å². The molecule has 0 saturated carbocycles. The number of nitriles is 1. The Hall–Kier alpha value is -3.75. The van der Waals surface area contributed by atoms with E-state index in [1.165, 1.54) is 12.2 Å². The highest BCUT2D eigenvalue weighted by atomic mass is 16.4. The first-order valence-corrected chi connectivity index (χ1v) is 7.26. The van der Waals surface area contributed by atoms with Gasteiger partial charge in [0.25, 0.3) is 5.69 Å². The summed E-state index contributed by atoms with van der Waals surface area (Å²) in [5.41, 5.74) is 1.85. The molecule has 0 aliphatic carbocycles. The lowest BCUT2D eigenvalue weighted by Gasteiger charge is -2.10. The van der Waals surface area contributed by atoms with Crippen molar-refractivity contribution in [2.24, 2.45) is 4.99 Å². The zero-order chi connectivity index (χ0) is 18.2. The number of benzene rings is 1. The van der Waals surface area contributed by atoms with Gasteiger partial charge in [0.05, 0.1) is 6.19 Å². The molecule has 0 saturated heterocycles. The van der Waals surface area contributed by atoms with Crippen molar-refractivity contribution in [2.75, 3.05) is 19.0 Å². The first-order chi connectivity index (χ1) is 12.1. The van der Waals surface area contributed by atoms with Crippen molar-refractivity contribution in [2.45, 2.75) is 0 Å². The summed E-state index contributed by atoms with van der Waals surface area (Å²) in [6.07, 6.45) is 5.00. The molecule has 3 aromatic rings.